The van der Waals surface area contributed by atoms with E-state index in [0.29, 0.717) is 17.5 Å². The normalized spacial score (nSPS) is 10.7. The maximum Gasteiger partial charge on any atom is 0.239 e. The zero-order chi connectivity index (χ0) is 14.6. The molecule has 1 heterocycles. The first-order valence-electron chi connectivity index (χ1n) is 6.40. The van der Waals surface area contributed by atoms with Crippen molar-refractivity contribution in [2.45, 2.75) is 33.6 Å². The van der Waals surface area contributed by atoms with Gasteiger partial charge in [0.2, 0.25) is 5.91 Å². The van der Waals surface area contributed by atoms with E-state index in [2.05, 4.69) is 15.3 Å². The third-order valence-electron chi connectivity index (χ3n) is 2.89. The first-order valence-corrected chi connectivity index (χ1v) is 6.78. The van der Waals surface area contributed by atoms with Gasteiger partial charge in [0.15, 0.2) is 0 Å². The molecule has 0 aromatic carbocycles. The van der Waals surface area contributed by atoms with E-state index in [9.17, 15) is 4.79 Å². The molecule has 5 nitrogen and oxygen atoms in total. The number of carbonyl (C=O) groups is 1. The summed E-state index contributed by atoms with van der Waals surface area (Å²) >= 11 is 6.16. The largest absolute Gasteiger partial charge is 0.358 e. The van der Waals surface area contributed by atoms with Crippen molar-refractivity contribution in [1.82, 2.24) is 15.3 Å². The Kier molecular flexibility index (Phi) is 5.54. The molecule has 0 saturated heterocycles. The summed E-state index contributed by atoms with van der Waals surface area (Å²) in [5.41, 5.74) is 0.803. The summed E-state index contributed by atoms with van der Waals surface area (Å²) < 4.78 is 0. The highest BCUT2D eigenvalue weighted by Crippen LogP contribution is 2.25. The maximum absolute atomic E-state index is 11.5. The third kappa shape index (κ3) is 3.80. The van der Waals surface area contributed by atoms with Gasteiger partial charge in [-0.15, -0.1) is 0 Å². The number of halogens is 1. The Hall–Kier alpha value is -1.36. The Morgan fingerprint density at radius 3 is 2.53 bits per heavy atom. The molecular weight excluding hydrogens is 264 g/mol. The van der Waals surface area contributed by atoms with E-state index < -0.39 is 0 Å². The average molecular weight is 285 g/mol. The Bertz CT molecular complexity index is 462. The van der Waals surface area contributed by atoms with E-state index in [4.69, 9.17) is 11.6 Å². The summed E-state index contributed by atoms with van der Waals surface area (Å²) in [6.45, 7) is 8.82. The van der Waals surface area contributed by atoms with Crippen LogP contribution in [0, 0.1) is 6.92 Å². The molecule has 1 aromatic heterocycles. The van der Waals surface area contributed by atoms with Gasteiger partial charge in [0.25, 0.3) is 0 Å². The van der Waals surface area contributed by atoms with Gasteiger partial charge in [-0.3, -0.25) is 4.79 Å². The highest BCUT2D eigenvalue weighted by Gasteiger charge is 2.17. The Morgan fingerprint density at radius 2 is 2.05 bits per heavy atom. The molecule has 1 amide bonds. The molecule has 0 unspecified atom stereocenters. The van der Waals surface area contributed by atoms with Gasteiger partial charge in [-0.05, 0) is 13.8 Å². The highest BCUT2D eigenvalue weighted by molar-refractivity contribution is 6.30. The first-order chi connectivity index (χ1) is 8.90. The van der Waals surface area contributed by atoms with Crippen LogP contribution >= 0.6 is 11.6 Å². The molecule has 0 spiro atoms. The smallest absolute Gasteiger partial charge is 0.239 e. The molecule has 0 atom stereocenters. The molecular formula is C13H21ClN4O. The number of aromatic nitrogens is 2. The number of likely N-dealkylation sites (N-methyl/N-ethyl adjacent to an activating group) is 2. The molecule has 6 heteroatoms. The Balaban J connectivity index is 3.18. The van der Waals surface area contributed by atoms with E-state index in [1.807, 2.05) is 32.6 Å². The molecule has 1 N–H and O–H groups in total. The standard InChI is InChI=1S/C13H21ClN4O/c1-6-18(7-10(19)15-5)13-9(4)11(14)16-12(17-13)8(2)3/h8H,6-7H2,1-5H3,(H,15,19). The minimum atomic E-state index is -0.0536. The second-order valence-electron chi connectivity index (χ2n) is 4.66. The molecule has 0 aliphatic rings. The zero-order valence-electron chi connectivity index (χ0n) is 12.1. The first kappa shape index (κ1) is 15.7. The number of anilines is 1. The molecule has 1 rings (SSSR count). The molecule has 0 radical (unpaired) electrons. The van der Waals surface area contributed by atoms with Gasteiger partial charge >= 0.3 is 0 Å². The van der Waals surface area contributed by atoms with Gasteiger partial charge < -0.3 is 10.2 Å². The molecule has 106 valence electrons. The highest BCUT2D eigenvalue weighted by atomic mass is 35.5. The van der Waals surface area contributed by atoms with E-state index in [1.165, 1.54) is 0 Å². The van der Waals surface area contributed by atoms with E-state index >= 15 is 0 Å². The lowest BCUT2D eigenvalue weighted by Crippen LogP contribution is -2.36. The number of hydrogen-bond donors (Lipinski definition) is 1. The molecule has 0 aliphatic heterocycles. The Labute approximate surface area is 119 Å². The number of nitrogens with one attached hydrogen (secondary N) is 1. The topological polar surface area (TPSA) is 58.1 Å². The number of hydrogen-bond acceptors (Lipinski definition) is 4. The summed E-state index contributed by atoms with van der Waals surface area (Å²) in [6.07, 6.45) is 0. The minimum Gasteiger partial charge on any atom is -0.358 e. The predicted molar refractivity (Wildman–Crippen MR) is 77.8 cm³/mol. The monoisotopic (exact) mass is 284 g/mol. The van der Waals surface area contributed by atoms with Crippen LogP contribution in [0.15, 0.2) is 0 Å². The van der Waals surface area contributed by atoms with Crippen LogP contribution in [0.1, 0.15) is 38.1 Å². The van der Waals surface area contributed by atoms with Crippen molar-refractivity contribution in [3.63, 3.8) is 0 Å². The van der Waals surface area contributed by atoms with Crippen molar-refractivity contribution >= 4 is 23.3 Å². The van der Waals surface area contributed by atoms with Gasteiger partial charge in [0.1, 0.15) is 16.8 Å². The Morgan fingerprint density at radius 1 is 1.42 bits per heavy atom. The SMILES string of the molecule is CCN(CC(=O)NC)c1nc(C(C)C)nc(Cl)c1C. The molecule has 19 heavy (non-hydrogen) atoms. The molecule has 0 bridgehead atoms. The number of nitrogens with zero attached hydrogens (tertiary/aromatic N) is 3. The lowest BCUT2D eigenvalue weighted by molar-refractivity contribution is -0.119. The molecule has 0 aliphatic carbocycles. The van der Waals surface area contributed by atoms with Crippen LogP contribution in [0.2, 0.25) is 5.15 Å². The summed E-state index contributed by atoms with van der Waals surface area (Å²) in [6, 6.07) is 0. The average Bonchev–Trinajstić information content (AvgIpc) is 2.38. The quantitative estimate of drug-likeness (QED) is 0.842. The van der Waals surface area contributed by atoms with Crippen molar-refractivity contribution in [2.24, 2.45) is 0 Å². The van der Waals surface area contributed by atoms with Crippen LogP contribution in [0.5, 0.6) is 0 Å². The lowest BCUT2D eigenvalue weighted by atomic mass is 10.2. The second-order valence-corrected chi connectivity index (χ2v) is 5.02. The number of rotatable bonds is 5. The summed E-state index contributed by atoms with van der Waals surface area (Å²) in [4.78, 5) is 22.3. The van der Waals surface area contributed by atoms with Crippen LogP contribution < -0.4 is 10.2 Å². The third-order valence-corrected chi connectivity index (χ3v) is 3.26. The summed E-state index contributed by atoms with van der Waals surface area (Å²) in [5.74, 6) is 1.56. The van der Waals surface area contributed by atoms with Gasteiger partial charge in [-0.2, -0.15) is 0 Å². The van der Waals surface area contributed by atoms with Crippen molar-refractivity contribution in [2.75, 3.05) is 25.0 Å². The fraction of sp³-hybridized carbons (Fsp3) is 0.615. The van der Waals surface area contributed by atoms with Gasteiger partial charge in [-0.25, -0.2) is 9.97 Å². The van der Waals surface area contributed by atoms with Gasteiger partial charge in [0.05, 0.1) is 6.54 Å². The minimum absolute atomic E-state index is 0.0536. The van der Waals surface area contributed by atoms with Crippen molar-refractivity contribution < 1.29 is 4.79 Å². The summed E-state index contributed by atoms with van der Waals surface area (Å²) in [7, 11) is 1.62. The second kappa shape index (κ2) is 6.70. The fourth-order valence-electron chi connectivity index (χ4n) is 1.65. The van der Waals surface area contributed by atoms with Crippen LogP contribution in [-0.2, 0) is 4.79 Å². The van der Waals surface area contributed by atoms with E-state index in [1.54, 1.807) is 7.05 Å². The maximum atomic E-state index is 11.5. The van der Waals surface area contributed by atoms with Crippen molar-refractivity contribution in [3.05, 3.63) is 16.5 Å². The van der Waals surface area contributed by atoms with Gasteiger partial charge in [-0.1, -0.05) is 25.4 Å². The van der Waals surface area contributed by atoms with E-state index in [0.717, 1.165) is 11.4 Å². The molecule has 0 saturated carbocycles. The number of amides is 1. The van der Waals surface area contributed by atoms with Crippen molar-refractivity contribution in [3.8, 4) is 0 Å². The molecule has 1 aromatic rings. The van der Waals surface area contributed by atoms with Crippen LogP contribution in [0.25, 0.3) is 0 Å². The van der Waals surface area contributed by atoms with E-state index in [-0.39, 0.29) is 18.4 Å². The fourth-order valence-corrected chi connectivity index (χ4v) is 1.82. The lowest BCUT2D eigenvalue weighted by Gasteiger charge is -2.24. The number of carbonyl (C=O) groups excluding carboxylic acids is 1. The molecule has 0 fully saturated rings. The predicted octanol–water partition coefficient (Wildman–Crippen LogP) is 2.13. The van der Waals surface area contributed by atoms with Gasteiger partial charge in [0, 0.05) is 25.1 Å². The van der Waals surface area contributed by atoms with Crippen LogP contribution in [0.4, 0.5) is 5.82 Å². The summed E-state index contributed by atoms with van der Waals surface area (Å²) in [5, 5.41) is 3.06. The van der Waals surface area contributed by atoms with Crippen molar-refractivity contribution in [1.29, 1.82) is 0 Å². The zero-order valence-corrected chi connectivity index (χ0v) is 12.9. The van der Waals surface area contributed by atoms with Crippen LogP contribution in [-0.4, -0.2) is 36.0 Å². The van der Waals surface area contributed by atoms with Crippen LogP contribution in [0.3, 0.4) is 0 Å².